The monoisotopic (exact) mass is 177 g/mol. The lowest BCUT2D eigenvalue weighted by Crippen LogP contribution is -2.01. The normalized spacial score (nSPS) is 11.3. The van der Waals surface area contributed by atoms with Crippen LogP contribution in [0.15, 0.2) is 16.9 Å². The van der Waals surface area contributed by atoms with E-state index in [2.05, 4.69) is 28.8 Å². The number of aromatic amines is 2. The van der Waals surface area contributed by atoms with Crippen molar-refractivity contribution in [2.75, 3.05) is 0 Å². The van der Waals surface area contributed by atoms with Gasteiger partial charge in [-0.15, -0.1) is 0 Å². The molecule has 0 aliphatic carbocycles. The standard InChI is InChI=1S/C9H11N3O/c1-5(2)8-10-6-3-4-7(13)11-9(6)12-8/h3-5H,1-2H3,(H2,10,11,12,13). The molecule has 0 saturated heterocycles. The van der Waals surface area contributed by atoms with Crippen molar-refractivity contribution in [3.63, 3.8) is 0 Å². The molecule has 0 saturated carbocycles. The second-order valence-corrected chi connectivity index (χ2v) is 3.36. The van der Waals surface area contributed by atoms with E-state index in [4.69, 9.17) is 0 Å². The third-order valence-electron chi connectivity index (χ3n) is 1.94. The van der Waals surface area contributed by atoms with Crippen LogP contribution in [-0.4, -0.2) is 15.0 Å². The lowest BCUT2D eigenvalue weighted by atomic mass is 10.2. The van der Waals surface area contributed by atoms with Crippen molar-refractivity contribution in [2.24, 2.45) is 0 Å². The maximum absolute atomic E-state index is 11.0. The van der Waals surface area contributed by atoms with E-state index < -0.39 is 0 Å². The molecule has 0 spiro atoms. The highest BCUT2D eigenvalue weighted by atomic mass is 16.1. The molecule has 2 N–H and O–H groups in total. The van der Waals surface area contributed by atoms with E-state index in [0.717, 1.165) is 11.3 Å². The predicted octanol–water partition coefficient (Wildman–Crippen LogP) is 1.37. The first-order valence-corrected chi connectivity index (χ1v) is 4.26. The summed E-state index contributed by atoms with van der Waals surface area (Å²) in [5.41, 5.74) is 1.40. The van der Waals surface area contributed by atoms with E-state index in [0.29, 0.717) is 11.6 Å². The zero-order valence-electron chi connectivity index (χ0n) is 7.59. The van der Waals surface area contributed by atoms with Crippen molar-refractivity contribution in [1.29, 1.82) is 0 Å². The van der Waals surface area contributed by atoms with Crippen LogP contribution < -0.4 is 5.56 Å². The van der Waals surface area contributed by atoms with Gasteiger partial charge in [-0.25, -0.2) is 4.98 Å². The second kappa shape index (κ2) is 2.73. The minimum absolute atomic E-state index is 0.116. The quantitative estimate of drug-likeness (QED) is 0.691. The van der Waals surface area contributed by atoms with Gasteiger partial charge in [0.1, 0.15) is 5.82 Å². The fourth-order valence-corrected chi connectivity index (χ4v) is 1.21. The first-order valence-electron chi connectivity index (χ1n) is 4.26. The molecule has 2 rings (SSSR count). The van der Waals surface area contributed by atoms with Gasteiger partial charge in [-0.05, 0) is 6.07 Å². The fourth-order valence-electron chi connectivity index (χ4n) is 1.21. The predicted molar refractivity (Wildman–Crippen MR) is 50.8 cm³/mol. The molecule has 4 nitrogen and oxygen atoms in total. The summed E-state index contributed by atoms with van der Waals surface area (Å²) in [6.07, 6.45) is 0. The van der Waals surface area contributed by atoms with Crippen LogP contribution in [0.3, 0.4) is 0 Å². The number of nitrogens with zero attached hydrogens (tertiary/aromatic N) is 1. The Hall–Kier alpha value is -1.58. The molecule has 68 valence electrons. The summed E-state index contributed by atoms with van der Waals surface area (Å²) in [5.74, 6) is 1.24. The number of hydrogen-bond donors (Lipinski definition) is 2. The van der Waals surface area contributed by atoms with E-state index in [9.17, 15) is 4.79 Å². The Bertz CT molecular complexity index is 481. The van der Waals surface area contributed by atoms with Crippen LogP contribution in [0, 0.1) is 0 Å². The lowest BCUT2D eigenvalue weighted by molar-refractivity contribution is 0.798. The summed E-state index contributed by atoms with van der Waals surface area (Å²) in [4.78, 5) is 21.0. The van der Waals surface area contributed by atoms with Crippen LogP contribution in [0.25, 0.3) is 11.2 Å². The topological polar surface area (TPSA) is 61.5 Å². The van der Waals surface area contributed by atoms with Gasteiger partial charge in [-0.1, -0.05) is 13.8 Å². The minimum Gasteiger partial charge on any atom is -0.340 e. The number of pyridine rings is 1. The van der Waals surface area contributed by atoms with Crippen LogP contribution in [0.4, 0.5) is 0 Å². The second-order valence-electron chi connectivity index (χ2n) is 3.36. The fraction of sp³-hybridized carbons (Fsp3) is 0.333. The highest BCUT2D eigenvalue weighted by molar-refractivity contribution is 5.69. The highest BCUT2D eigenvalue weighted by Gasteiger charge is 2.05. The van der Waals surface area contributed by atoms with Crippen LogP contribution in [0.2, 0.25) is 0 Å². The van der Waals surface area contributed by atoms with E-state index in [1.54, 1.807) is 6.07 Å². The summed E-state index contributed by atoms with van der Waals surface area (Å²) >= 11 is 0. The van der Waals surface area contributed by atoms with Crippen molar-refractivity contribution < 1.29 is 0 Å². The molecular weight excluding hydrogens is 166 g/mol. The van der Waals surface area contributed by atoms with Crippen molar-refractivity contribution in [1.82, 2.24) is 15.0 Å². The van der Waals surface area contributed by atoms with Gasteiger partial charge in [0.2, 0.25) is 5.56 Å². The highest BCUT2D eigenvalue weighted by Crippen LogP contribution is 2.13. The smallest absolute Gasteiger partial charge is 0.249 e. The molecule has 0 radical (unpaired) electrons. The van der Waals surface area contributed by atoms with Crippen molar-refractivity contribution in [3.8, 4) is 0 Å². The van der Waals surface area contributed by atoms with E-state index in [1.807, 2.05) is 0 Å². The van der Waals surface area contributed by atoms with Gasteiger partial charge in [0.15, 0.2) is 5.65 Å². The number of fused-ring (bicyclic) bond motifs is 1. The Labute approximate surface area is 75.0 Å². The van der Waals surface area contributed by atoms with Gasteiger partial charge in [0, 0.05) is 12.0 Å². The summed E-state index contributed by atoms with van der Waals surface area (Å²) in [5, 5.41) is 0. The number of hydrogen-bond acceptors (Lipinski definition) is 2. The Morgan fingerprint density at radius 3 is 2.77 bits per heavy atom. The van der Waals surface area contributed by atoms with E-state index in [1.165, 1.54) is 6.07 Å². The zero-order valence-corrected chi connectivity index (χ0v) is 7.59. The maximum Gasteiger partial charge on any atom is 0.249 e. The lowest BCUT2D eigenvalue weighted by Gasteiger charge is -1.95. The number of rotatable bonds is 1. The molecule has 0 aliphatic heterocycles. The molecule has 0 aliphatic rings. The van der Waals surface area contributed by atoms with Gasteiger partial charge < -0.3 is 9.97 Å². The number of imidazole rings is 1. The zero-order chi connectivity index (χ0) is 9.42. The van der Waals surface area contributed by atoms with Gasteiger partial charge in [0.05, 0.1) is 5.52 Å². The molecule has 2 heterocycles. The molecular formula is C9H11N3O. The molecule has 0 fully saturated rings. The third kappa shape index (κ3) is 1.35. The molecule has 0 aromatic carbocycles. The summed E-state index contributed by atoms with van der Waals surface area (Å²) < 4.78 is 0. The van der Waals surface area contributed by atoms with Crippen LogP contribution in [0.1, 0.15) is 25.6 Å². The van der Waals surface area contributed by atoms with E-state index >= 15 is 0 Å². The van der Waals surface area contributed by atoms with Crippen molar-refractivity contribution >= 4 is 11.2 Å². The van der Waals surface area contributed by atoms with Crippen LogP contribution >= 0.6 is 0 Å². The van der Waals surface area contributed by atoms with E-state index in [-0.39, 0.29) is 5.56 Å². The van der Waals surface area contributed by atoms with Crippen LogP contribution in [-0.2, 0) is 0 Å². The maximum atomic E-state index is 11.0. The molecule has 4 heteroatoms. The Morgan fingerprint density at radius 2 is 2.08 bits per heavy atom. The number of nitrogens with one attached hydrogen (secondary N) is 2. The Kier molecular flexibility index (Phi) is 1.69. The number of H-pyrrole nitrogens is 2. The minimum atomic E-state index is -0.116. The van der Waals surface area contributed by atoms with Crippen molar-refractivity contribution in [2.45, 2.75) is 19.8 Å². The summed E-state index contributed by atoms with van der Waals surface area (Å²) in [6.45, 7) is 4.10. The average Bonchev–Trinajstić information content (AvgIpc) is 2.46. The van der Waals surface area contributed by atoms with Gasteiger partial charge in [0.25, 0.3) is 0 Å². The first-order chi connectivity index (χ1) is 6.16. The molecule has 2 aromatic heterocycles. The Morgan fingerprint density at radius 1 is 1.31 bits per heavy atom. The van der Waals surface area contributed by atoms with Gasteiger partial charge >= 0.3 is 0 Å². The molecule has 13 heavy (non-hydrogen) atoms. The Balaban J connectivity index is 2.69. The first kappa shape index (κ1) is 8.04. The molecule has 2 aromatic rings. The van der Waals surface area contributed by atoms with Gasteiger partial charge in [-0.2, -0.15) is 0 Å². The van der Waals surface area contributed by atoms with Crippen LogP contribution in [0.5, 0.6) is 0 Å². The molecule has 0 atom stereocenters. The molecule has 0 bridgehead atoms. The molecule has 0 amide bonds. The largest absolute Gasteiger partial charge is 0.340 e. The number of aromatic nitrogens is 3. The summed E-state index contributed by atoms with van der Waals surface area (Å²) in [7, 11) is 0. The average molecular weight is 177 g/mol. The van der Waals surface area contributed by atoms with Gasteiger partial charge in [-0.3, -0.25) is 4.79 Å². The van der Waals surface area contributed by atoms with Crippen molar-refractivity contribution in [3.05, 3.63) is 28.3 Å². The third-order valence-corrected chi connectivity index (χ3v) is 1.94. The molecule has 0 unspecified atom stereocenters. The SMILES string of the molecule is CC(C)c1nc2[nH]c(=O)ccc2[nH]1. The summed E-state index contributed by atoms with van der Waals surface area (Å²) in [6, 6.07) is 3.23.